The van der Waals surface area contributed by atoms with E-state index in [0.29, 0.717) is 12.8 Å². The van der Waals surface area contributed by atoms with Crippen molar-refractivity contribution < 1.29 is 79.6 Å². The molecule has 14 N–H and O–H groups in total. The highest BCUT2D eigenvalue weighted by Crippen LogP contribution is 2.44. The Balaban J connectivity index is 1.37. The summed E-state index contributed by atoms with van der Waals surface area (Å²) in [5.41, 5.74) is 9.17. The molecule has 5 rings (SSSR count). The van der Waals surface area contributed by atoms with Crippen LogP contribution in [-0.2, 0) is 28.5 Å². The Kier molecular flexibility index (Phi) is 22.5. The van der Waals surface area contributed by atoms with Gasteiger partial charge in [-0.2, -0.15) is 0 Å². The van der Waals surface area contributed by atoms with E-state index < -0.39 is 147 Å². The van der Waals surface area contributed by atoms with Crippen LogP contribution < -0.4 is 16.5 Å². The molecular formula is C52H82N4O16. The fraction of sp³-hybridized carbons (Fsp3) is 0.692. The first kappa shape index (κ1) is 59.4. The summed E-state index contributed by atoms with van der Waals surface area (Å²) in [6.45, 7) is 6.82. The molecule has 0 aromatic heterocycles. The minimum Gasteiger partial charge on any atom is -0.462 e. The van der Waals surface area contributed by atoms with Gasteiger partial charge in [0.2, 0.25) is 5.91 Å². The van der Waals surface area contributed by atoms with Crippen molar-refractivity contribution in [2.24, 2.45) is 23.5 Å². The smallest absolute Gasteiger partial charge is 0.308 e. The standard InChI is InChI=1S/C52H82N4O16/c1-30-18-16-14-12-10-8-6-7-9-11-13-15-17-19-38(71-50-48(66)45(53)47(65)33(4)70-50)25-42-44(49(67)54-34-26-51(27-34)55-56(51)5)41(62)29-52(68,72-42)28-37(59)23-40(61)39(60)21-20-35(57)22-36(58)24-43(63)69-32(3)31(2)46(30)64/h6-19,30-42,44-48,50,55,57-62,64-66,68H,20-29,53H2,1-5H3,(H,54,67)/b7-6+,10-8+,11-9+,14-12+,15-13+,18-16+,19-17+/t30-,31-,32-,33+,34?,35?,36?,37-,38?,39?,40?,41-,42-,44?,45-,46?,47+,48-,50-,51?,52?,56?/m0/s1. The van der Waals surface area contributed by atoms with Crippen LogP contribution in [0.4, 0.5) is 0 Å². The fourth-order valence-electron chi connectivity index (χ4n) is 9.80. The van der Waals surface area contributed by atoms with Gasteiger partial charge in [-0.3, -0.25) is 9.59 Å². The summed E-state index contributed by atoms with van der Waals surface area (Å²) in [5.74, 6) is -5.51. The van der Waals surface area contributed by atoms with Gasteiger partial charge in [0.1, 0.15) is 17.9 Å². The molecule has 20 atom stereocenters. The van der Waals surface area contributed by atoms with Crippen LogP contribution in [0, 0.1) is 17.8 Å². The number of carbonyl (C=O) groups is 2. The van der Waals surface area contributed by atoms with Gasteiger partial charge in [-0.25, -0.2) is 10.4 Å². The number of nitrogens with one attached hydrogen (secondary N) is 2. The molecule has 4 fully saturated rings. The summed E-state index contributed by atoms with van der Waals surface area (Å²) in [7, 11) is 1.90. The van der Waals surface area contributed by atoms with E-state index in [-0.39, 0.29) is 43.3 Å². The zero-order chi connectivity index (χ0) is 52.9. The predicted octanol–water partition coefficient (Wildman–Crippen LogP) is 0.0520. The number of esters is 1. The Hall–Kier alpha value is -3.52. The van der Waals surface area contributed by atoms with Crippen molar-refractivity contribution in [3.63, 3.8) is 0 Å². The maximum Gasteiger partial charge on any atom is 0.308 e. The van der Waals surface area contributed by atoms with Gasteiger partial charge in [0, 0.05) is 63.5 Å². The van der Waals surface area contributed by atoms with Gasteiger partial charge < -0.3 is 81.1 Å². The first-order valence-corrected chi connectivity index (χ1v) is 25.3. The number of rotatable bonds is 4. The number of nitrogens with zero attached hydrogens (tertiary/aromatic N) is 1. The number of hydrazine groups is 1. The van der Waals surface area contributed by atoms with Crippen LogP contribution in [0.25, 0.3) is 0 Å². The lowest BCUT2D eigenvalue weighted by Gasteiger charge is -2.46. The molecule has 20 heteroatoms. The second-order valence-electron chi connectivity index (χ2n) is 20.5. The number of amides is 1. The third kappa shape index (κ3) is 17.3. The highest BCUT2D eigenvalue weighted by atomic mass is 16.7. The number of fused-ring (bicyclic) bond motifs is 2. The van der Waals surface area contributed by atoms with E-state index >= 15 is 0 Å². The van der Waals surface area contributed by atoms with Crippen LogP contribution in [0.2, 0.25) is 0 Å². The molecule has 0 aromatic rings. The van der Waals surface area contributed by atoms with E-state index in [4.69, 9.17) is 24.7 Å². The van der Waals surface area contributed by atoms with E-state index in [2.05, 4.69) is 10.7 Å². The molecule has 0 radical (unpaired) electrons. The van der Waals surface area contributed by atoms with Gasteiger partial charge in [0.05, 0.1) is 85.5 Å². The average Bonchev–Trinajstić information content (AvgIpc) is 3.97. The van der Waals surface area contributed by atoms with Crippen molar-refractivity contribution in [2.75, 3.05) is 7.05 Å². The van der Waals surface area contributed by atoms with Crippen molar-refractivity contribution in [3.05, 3.63) is 85.1 Å². The lowest BCUT2D eigenvalue weighted by Crippen LogP contribution is -2.62. The molecule has 20 nitrogen and oxygen atoms in total. The van der Waals surface area contributed by atoms with Gasteiger partial charge in [-0.1, -0.05) is 98.9 Å². The minimum absolute atomic E-state index is 0.0913. The molecule has 3 saturated heterocycles. The zero-order valence-corrected chi connectivity index (χ0v) is 42.1. The van der Waals surface area contributed by atoms with Crippen LogP contribution in [0.15, 0.2) is 85.1 Å². The van der Waals surface area contributed by atoms with Gasteiger partial charge >= 0.3 is 5.97 Å². The number of allylic oxidation sites excluding steroid dienone is 12. The van der Waals surface area contributed by atoms with E-state index in [9.17, 15) is 60.7 Å². The quantitative estimate of drug-likeness (QED) is 0.131. The van der Waals surface area contributed by atoms with Crippen molar-refractivity contribution in [1.82, 2.24) is 15.8 Å². The molecule has 72 heavy (non-hydrogen) atoms. The topological polar surface area (TPSA) is 336 Å². The maximum atomic E-state index is 14.1. The number of ether oxygens (including phenoxy) is 4. The van der Waals surface area contributed by atoms with Gasteiger partial charge in [-0.05, 0) is 33.1 Å². The van der Waals surface area contributed by atoms with Crippen molar-refractivity contribution >= 4 is 11.9 Å². The van der Waals surface area contributed by atoms with Gasteiger partial charge in [-0.15, -0.1) is 0 Å². The number of carbonyl (C=O) groups excluding carboxylic acids is 2. The number of cyclic esters (lactones) is 1. The first-order valence-electron chi connectivity index (χ1n) is 25.3. The van der Waals surface area contributed by atoms with Gasteiger partial charge in [0.15, 0.2) is 12.1 Å². The molecule has 4 heterocycles. The van der Waals surface area contributed by atoms with Crippen LogP contribution in [-0.4, -0.2) is 184 Å². The number of aliphatic hydroxyl groups excluding tert-OH is 9. The Morgan fingerprint density at radius 2 is 1.29 bits per heavy atom. The molecule has 0 aromatic carbocycles. The van der Waals surface area contributed by atoms with Crippen LogP contribution in [0.3, 0.4) is 0 Å². The molecule has 1 spiro atoms. The summed E-state index contributed by atoms with van der Waals surface area (Å²) in [5, 5.41) is 115. The lowest BCUT2D eigenvalue weighted by molar-refractivity contribution is -0.307. The molecule has 1 amide bonds. The lowest BCUT2D eigenvalue weighted by atomic mass is 9.80. The molecule has 1 saturated carbocycles. The molecule has 1 aliphatic carbocycles. The number of hydrogen-bond acceptors (Lipinski definition) is 19. The Bertz CT molecular complexity index is 1940. The third-order valence-corrected chi connectivity index (χ3v) is 14.5. The summed E-state index contributed by atoms with van der Waals surface area (Å²) >= 11 is 0. The average molecular weight is 1020 g/mol. The Morgan fingerprint density at radius 3 is 1.89 bits per heavy atom. The summed E-state index contributed by atoms with van der Waals surface area (Å²) < 4.78 is 23.9. The van der Waals surface area contributed by atoms with E-state index in [1.54, 1.807) is 63.3 Å². The second-order valence-corrected chi connectivity index (χ2v) is 20.5. The number of nitrogens with two attached hydrogens (primary N) is 1. The Morgan fingerprint density at radius 1 is 0.708 bits per heavy atom. The highest BCUT2D eigenvalue weighted by molar-refractivity contribution is 5.80. The van der Waals surface area contributed by atoms with Crippen molar-refractivity contribution in [2.45, 2.75) is 201 Å². The van der Waals surface area contributed by atoms with Crippen LogP contribution in [0.1, 0.15) is 91.9 Å². The first-order chi connectivity index (χ1) is 34.0. The molecule has 406 valence electrons. The largest absolute Gasteiger partial charge is 0.462 e. The molecule has 4 aliphatic heterocycles. The normalized spacial score (nSPS) is 47.9. The third-order valence-electron chi connectivity index (χ3n) is 14.5. The highest BCUT2D eigenvalue weighted by Gasteiger charge is 2.59. The predicted molar refractivity (Wildman–Crippen MR) is 264 cm³/mol. The summed E-state index contributed by atoms with van der Waals surface area (Å²) in [4.78, 5) is 26.8. The summed E-state index contributed by atoms with van der Waals surface area (Å²) in [6.07, 6.45) is 6.23. The monoisotopic (exact) mass is 1020 g/mol. The molecule has 9 unspecified atom stereocenters. The summed E-state index contributed by atoms with van der Waals surface area (Å²) in [6, 6.07) is -1.34. The van der Waals surface area contributed by atoms with E-state index in [0.717, 1.165) is 0 Å². The number of aliphatic hydroxyl groups is 10. The zero-order valence-electron chi connectivity index (χ0n) is 42.1. The van der Waals surface area contributed by atoms with Crippen LogP contribution >= 0.6 is 0 Å². The van der Waals surface area contributed by atoms with Crippen molar-refractivity contribution in [1.29, 1.82) is 0 Å². The van der Waals surface area contributed by atoms with Crippen LogP contribution in [0.5, 0.6) is 0 Å². The molecule has 2 bridgehead atoms. The van der Waals surface area contributed by atoms with Gasteiger partial charge in [0.25, 0.3) is 0 Å². The van der Waals surface area contributed by atoms with E-state index in [1.165, 1.54) is 0 Å². The second kappa shape index (κ2) is 27.3. The Labute approximate surface area is 422 Å². The van der Waals surface area contributed by atoms with E-state index in [1.807, 2.05) is 61.5 Å². The molecular weight excluding hydrogens is 937 g/mol. The number of hydrogen-bond donors (Lipinski definition) is 13. The molecule has 5 aliphatic rings. The minimum atomic E-state index is -2.26. The fourth-order valence-corrected chi connectivity index (χ4v) is 9.80. The van der Waals surface area contributed by atoms with Crippen molar-refractivity contribution in [3.8, 4) is 0 Å². The maximum absolute atomic E-state index is 14.1. The SMILES string of the molecule is C[C@@H]1OC(=O)CC(O)CC(O)CCC(O)C(O)C[C@H](O)CC2(O)C[C@H](O)C(C(=O)NC3CC4(C3)NN4C)[C@H](CC(O[C@@H]3O[C@H](C)[C@@H](O)[C@H](N)[C@@H]3O)/C=C/C=C/C=C/C=C/C=C/C=C/C=C/[C@H](C)C(O)[C@H]1C)O2.